The molecule has 4 heteroatoms. The van der Waals surface area contributed by atoms with E-state index in [2.05, 4.69) is 11.9 Å². The summed E-state index contributed by atoms with van der Waals surface area (Å²) in [5.41, 5.74) is -0.885. The third kappa shape index (κ3) is 3.34. The van der Waals surface area contributed by atoms with Crippen molar-refractivity contribution in [2.45, 2.75) is 57.2 Å². The number of terminal acetylenes is 1. The van der Waals surface area contributed by atoms with Gasteiger partial charge >= 0.3 is 5.97 Å². The quantitative estimate of drug-likeness (QED) is 0.584. The monoisotopic (exact) mass is 279 g/mol. The molecule has 20 heavy (non-hydrogen) atoms. The van der Waals surface area contributed by atoms with E-state index in [4.69, 9.17) is 15.9 Å². The van der Waals surface area contributed by atoms with Crippen molar-refractivity contribution < 1.29 is 14.3 Å². The lowest BCUT2D eigenvalue weighted by Crippen LogP contribution is -2.49. The van der Waals surface area contributed by atoms with Crippen molar-refractivity contribution >= 4 is 5.97 Å². The van der Waals surface area contributed by atoms with E-state index in [9.17, 15) is 4.79 Å². The Morgan fingerprint density at radius 3 is 2.40 bits per heavy atom. The summed E-state index contributed by atoms with van der Waals surface area (Å²) in [6.45, 7) is 3.88. The number of hydrogen-bond donors (Lipinski definition) is 0. The molecule has 0 bridgehead atoms. The molecule has 0 aromatic rings. The molecule has 0 spiro atoms. The normalized spacial score (nSPS) is 25.1. The molecule has 0 N–H and O–H groups in total. The summed E-state index contributed by atoms with van der Waals surface area (Å²) in [5.74, 6) is -0.172. The number of nitrogens with zero attached hydrogens (tertiary/aromatic N) is 1. The minimum absolute atomic E-state index is 0.127. The van der Waals surface area contributed by atoms with Crippen LogP contribution in [0.25, 0.3) is 0 Å². The zero-order chi connectivity index (χ0) is 14.6. The van der Waals surface area contributed by atoms with Gasteiger partial charge in [0, 0.05) is 13.1 Å². The van der Waals surface area contributed by atoms with Gasteiger partial charge in [0.15, 0.2) is 5.60 Å². The Bertz CT molecular complexity index is 376. The van der Waals surface area contributed by atoms with Crippen LogP contribution in [-0.4, -0.2) is 42.7 Å². The van der Waals surface area contributed by atoms with Crippen molar-refractivity contribution in [3.8, 4) is 12.5 Å². The first-order chi connectivity index (χ1) is 9.56. The van der Waals surface area contributed by atoms with Crippen LogP contribution in [0.2, 0.25) is 0 Å². The van der Waals surface area contributed by atoms with Crippen molar-refractivity contribution in [3.63, 3.8) is 0 Å². The topological polar surface area (TPSA) is 38.8 Å². The summed E-state index contributed by atoms with van der Waals surface area (Å²) >= 11 is 0. The summed E-state index contributed by atoms with van der Waals surface area (Å²) in [5, 5.41) is 0. The van der Waals surface area contributed by atoms with E-state index >= 15 is 0 Å². The van der Waals surface area contributed by atoms with Crippen LogP contribution in [0, 0.1) is 18.4 Å². The van der Waals surface area contributed by atoms with E-state index in [1.807, 2.05) is 13.0 Å². The summed E-state index contributed by atoms with van der Waals surface area (Å²) < 4.78 is 11.1. The molecule has 1 aliphatic heterocycles. The van der Waals surface area contributed by atoms with Gasteiger partial charge in [-0.15, -0.1) is 0 Å². The first-order valence-corrected chi connectivity index (χ1v) is 7.59. The minimum atomic E-state index is -0.885. The Balaban J connectivity index is 2.06. The van der Waals surface area contributed by atoms with E-state index in [0.29, 0.717) is 0 Å². The second kappa shape index (κ2) is 6.60. The van der Waals surface area contributed by atoms with Crippen LogP contribution in [0.15, 0.2) is 0 Å². The van der Waals surface area contributed by atoms with Crippen LogP contribution in [0.1, 0.15) is 45.4 Å². The van der Waals surface area contributed by atoms with Crippen molar-refractivity contribution in [2.24, 2.45) is 5.92 Å². The molecule has 0 aromatic heterocycles. The number of rotatable bonds is 4. The molecule has 1 atom stereocenters. The lowest BCUT2D eigenvalue weighted by molar-refractivity contribution is -0.184. The maximum atomic E-state index is 12.3. The van der Waals surface area contributed by atoms with Gasteiger partial charge in [-0.3, -0.25) is 0 Å². The highest BCUT2D eigenvalue weighted by atomic mass is 16.6. The van der Waals surface area contributed by atoms with E-state index < -0.39 is 11.6 Å². The van der Waals surface area contributed by atoms with Crippen LogP contribution >= 0.6 is 0 Å². The molecular formula is C16H25NO3. The van der Waals surface area contributed by atoms with Crippen molar-refractivity contribution in [1.29, 1.82) is 0 Å². The van der Waals surface area contributed by atoms with Crippen LogP contribution < -0.4 is 0 Å². The van der Waals surface area contributed by atoms with Gasteiger partial charge in [0.25, 0.3) is 0 Å². The average molecular weight is 279 g/mol. The fourth-order valence-electron chi connectivity index (χ4n) is 3.39. The molecule has 1 saturated heterocycles. The first-order valence-electron chi connectivity index (χ1n) is 7.59. The minimum Gasteiger partial charge on any atom is -0.370 e. The Hall–Kier alpha value is -1.05. The van der Waals surface area contributed by atoms with E-state index in [1.165, 1.54) is 0 Å². The second-order valence-corrected chi connectivity index (χ2v) is 6.22. The molecular weight excluding hydrogens is 254 g/mol. The van der Waals surface area contributed by atoms with Gasteiger partial charge in [-0.25, -0.2) is 4.79 Å². The molecule has 2 aliphatic rings. The second-order valence-electron chi connectivity index (χ2n) is 6.22. The molecule has 2 rings (SSSR count). The summed E-state index contributed by atoms with van der Waals surface area (Å²) in [6.07, 6.45) is 13.5. The molecule has 1 heterocycles. The number of ether oxygens (including phenoxy) is 2. The first kappa shape index (κ1) is 15.3. The lowest BCUT2D eigenvalue weighted by atomic mass is 9.87. The van der Waals surface area contributed by atoms with Crippen molar-refractivity contribution in [2.75, 3.05) is 20.1 Å². The van der Waals surface area contributed by atoms with E-state index in [1.54, 1.807) is 0 Å². The van der Waals surface area contributed by atoms with Crippen molar-refractivity contribution in [3.05, 3.63) is 0 Å². The van der Waals surface area contributed by atoms with Crippen LogP contribution in [0.5, 0.6) is 0 Å². The molecule has 112 valence electrons. The van der Waals surface area contributed by atoms with Gasteiger partial charge in [0.1, 0.15) is 6.11 Å². The van der Waals surface area contributed by atoms with Gasteiger partial charge in [-0.1, -0.05) is 19.3 Å². The number of hydrogen-bond acceptors (Lipinski definition) is 4. The Kier molecular flexibility index (Phi) is 5.06. The maximum absolute atomic E-state index is 12.3. The molecule has 4 nitrogen and oxygen atoms in total. The Morgan fingerprint density at radius 1 is 1.25 bits per heavy atom. The third-order valence-corrected chi connectivity index (χ3v) is 4.77. The van der Waals surface area contributed by atoms with Crippen LogP contribution in [0.4, 0.5) is 0 Å². The SMILES string of the molecule is C#COC(=O)C(C)(OC1CCN(C)CC1)C1CCCC1. The predicted octanol–water partition coefficient (Wildman–Crippen LogP) is 2.18. The number of esters is 1. The molecule has 2 fully saturated rings. The molecule has 0 amide bonds. The predicted molar refractivity (Wildman–Crippen MR) is 76.9 cm³/mol. The van der Waals surface area contributed by atoms with E-state index in [-0.39, 0.29) is 12.0 Å². The highest BCUT2D eigenvalue weighted by molar-refractivity contribution is 5.80. The zero-order valence-electron chi connectivity index (χ0n) is 12.6. The van der Waals surface area contributed by atoms with Crippen molar-refractivity contribution in [1.82, 2.24) is 4.90 Å². The number of likely N-dealkylation sites (tertiary alicyclic amines) is 1. The standard InChI is InChI=1S/C16H25NO3/c1-4-19-15(18)16(2,13-7-5-6-8-13)20-14-9-11-17(3)12-10-14/h1,13-14H,5-12H2,2-3H3. The van der Waals surface area contributed by atoms with Gasteiger partial charge in [-0.05, 0) is 45.6 Å². The fourth-order valence-corrected chi connectivity index (χ4v) is 3.39. The van der Waals surface area contributed by atoms with E-state index in [0.717, 1.165) is 51.6 Å². The van der Waals surface area contributed by atoms with Gasteiger partial charge in [0.05, 0.1) is 6.10 Å². The largest absolute Gasteiger partial charge is 0.370 e. The molecule has 0 radical (unpaired) electrons. The van der Waals surface area contributed by atoms with Gasteiger partial charge in [-0.2, -0.15) is 0 Å². The fraction of sp³-hybridized carbons (Fsp3) is 0.812. The molecule has 0 aromatic carbocycles. The highest BCUT2D eigenvalue weighted by Crippen LogP contribution is 2.38. The summed E-state index contributed by atoms with van der Waals surface area (Å²) in [4.78, 5) is 14.6. The highest BCUT2D eigenvalue weighted by Gasteiger charge is 2.46. The number of carbonyl (C=O) groups excluding carboxylic acids is 1. The Morgan fingerprint density at radius 2 is 1.85 bits per heavy atom. The third-order valence-electron chi connectivity index (χ3n) is 4.77. The van der Waals surface area contributed by atoms with Crippen LogP contribution in [-0.2, 0) is 14.3 Å². The Labute approximate surface area is 121 Å². The average Bonchev–Trinajstić information content (AvgIpc) is 2.96. The van der Waals surface area contributed by atoms with Crippen LogP contribution in [0.3, 0.4) is 0 Å². The zero-order valence-corrected chi connectivity index (χ0v) is 12.6. The molecule has 1 saturated carbocycles. The lowest BCUT2D eigenvalue weighted by Gasteiger charge is -2.38. The summed E-state index contributed by atoms with van der Waals surface area (Å²) in [6, 6.07) is 0. The van der Waals surface area contributed by atoms with Gasteiger partial charge in [0.2, 0.25) is 0 Å². The maximum Gasteiger partial charge on any atom is 0.352 e. The number of piperidine rings is 1. The smallest absolute Gasteiger partial charge is 0.352 e. The molecule has 1 aliphatic carbocycles. The molecule has 1 unspecified atom stereocenters. The van der Waals surface area contributed by atoms with Gasteiger partial charge < -0.3 is 14.4 Å². The number of carbonyl (C=O) groups is 1. The summed E-state index contributed by atoms with van der Waals surface area (Å²) in [7, 11) is 2.11.